The highest BCUT2D eigenvalue weighted by Gasteiger charge is 2.41. The summed E-state index contributed by atoms with van der Waals surface area (Å²) >= 11 is 5.85. The first-order chi connectivity index (χ1) is 18.1. The van der Waals surface area contributed by atoms with E-state index in [1.807, 2.05) is 60.8 Å². The molecular formula is C28H27N5O3S. The molecule has 4 aromatic rings. The summed E-state index contributed by atoms with van der Waals surface area (Å²) in [6.07, 6.45) is 5.94. The van der Waals surface area contributed by atoms with Crippen LogP contribution in [0.4, 0.5) is 11.4 Å². The average Bonchev–Trinajstić information content (AvgIpc) is 3.54. The van der Waals surface area contributed by atoms with Crippen molar-refractivity contribution in [1.82, 2.24) is 14.9 Å². The van der Waals surface area contributed by atoms with Crippen molar-refractivity contribution in [3.8, 4) is 11.4 Å². The average molecular weight is 514 g/mol. The molecular weight excluding hydrogens is 486 g/mol. The number of nitrogens with zero attached hydrogens (tertiary/aromatic N) is 3. The number of benzene rings is 2. The van der Waals surface area contributed by atoms with E-state index in [0.717, 1.165) is 22.6 Å². The van der Waals surface area contributed by atoms with Gasteiger partial charge in [-0.3, -0.25) is 9.78 Å². The largest absolute Gasteiger partial charge is 0.495 e. The Hall–Kier alpha value is -4.21. The van der Waals surface area contributed by atoms with Gasteiger partial charge in [-0.2, -0.15) is 0 Å². The summed E-state index contributed by atoms with van der Waals surface area (Å²) in [7, 11) is 3.04. The molecule has 5 rings (SSSR count). The predicted octanol–water partition coefficient (Wildman–Crippen LogP) is 4.64. The van der Waals surface area contributed by atoms with E-state index in [2.05, 4.69) is 49.5 Å². The lowest BCUT2D eigenvalue weighted by molar-refractivity contribution is -0.119. The molecule has 2 aromatic carbocycles. The Morgan fingerprint density at radius 1 is 1.05 bits per heavy atom. The number of hydrogen-bond acceptors (Lipinski definition) is 5. The molecule has 0 bridgehead atoms. The van der Waals surface area contributed by atoms with E-state index in [1.165, 1.54) is 7.11 Å². The molecule has 1 aliphatic heterocycles. The molecule has 188 valence electrons. The summed E-state index contributed by atoms with van der Waals surface area (Å²) in [5.41, 5.74) is 4.35. The fourth-order valence-electron chi connectivity index (χ4n) is 4.58. The Morgan fingerprint density at radius 2 is 1.86 bits per heavy atom. The first-order valence-electron chi connectivity index (χ1n) is 11.8. The molecule has 1 amide bonds. The van der Waals surface area contributed by atoms with Gasteiger partial charge in [-0.15, -0.1) is 0 Å². The summed E-state index contributed by atoms with van der Waals surface area (Å²) in [6, 6.07) is 23.4. The Morgan fingerprint density at radius 3 is 2.59 bits per heavy atom. The zero-order chi connectivity index (χ0) is 25.8. The number of carbonyl (C=O) groups excluding carboxylic acids is 1. The van der Waals surface area contributed by atoms with Crippen LogP contribution < -0.4 is 20.3 Å². The van der Waals surface area contributed by atoms with Crippen LogP contribution >= 0.6 is 12.2 Å². The highest BCUT2D eigenvalue weighted by molar-refractivity contribution is 7.80. The van der Waals surface area contributed by atoms with Gasteiger partial charge in [0, 0.05) is 37.1 Å². The highest BCUT2D eigenvalue weighted by atomic mass is 32.1. The van der Waals surface area contributed by atoms with E-state index in [1.54, 1.807) is 13.3 Å². The lowest BCUT2D eigenvalue weighted by Gasteiger charge is -2.28. The molecule has 1 aliphatic rings. The van der Waals surface area contributed by atoms with Gasteiger partial charge in [0.05, 0.1) is 30.6 Å². The normalized spacial score (nSPS) is 16.9. The molecule has 9 heteroatoms. The number of amides is 1. The number of rotatable bonds is 8. The number of pyridine rings is 1. The van der Waals surface area contributed by atoms with E-state index >= 15 is 0 Å². The summed E-state index contributed by atoms with van der Waals surface area (Å²) in [6.45, 7) is -0.0611. The molecule has 2 aromatic heterocycles. The van der Waals surface area contributed by atoms with Crippen LogP contribution in [0.3, 0.4) is 0 Å². The molecule has 0 spiro atoms. The number of aromatic nitrogens is 2. The van der Waals surface area contributed by atoms with Gasteiger partial charge in [-0.1, -0.05) is 24.3 Å². The van der Waals surface area contributed by atoms with Crippen LogP contribution in [0.25, 0.3) is 5.69 Å². The van der Waals surface area contributed by atoms with Gasteiger partial charge in [0.2, 0.25) is 5.91 Å². The van der Waals surface area contributed by atoms with Crippen molar-refractivity contribution >= 4 is 34.6 Å². The van der Waals surface area contributed by atoms with E-state index in [0.29, 0.717) is 16.5 Å². The van der Waals surface area contributed by atoms with Crippen LogP contribution in [0.1, 0.15) is 23.3 Å². The van der Waals surface area contributed by atoms with Crippen LogP contribution in [0.2, 0.25) is 0 Å². The van der Waals surface area contributed by atoms with Crippen LogP contribution in [-0.2, 0) is 9.53 Å². The predicted molar refractivity (Wildman–Crippen MR) is 147 cm³/mol. The molecule has 1 saturated heterocycles. The van der Waals surface area contributed by atoms with Crippen LogP contribution in [0.5, 0.6) is 5.75 Å². The van der Waals surface area contributed by atoms with Crippen molar-refractivity contribution < 1.29 is 14.3 Å². The summed E-state index contributed by atoms with van der Waals surface area (Å²) in [4.78, 5) is 19.0. The maximum Gasteiger partial charge on any atom is 0.250 e. The van der Waals surface area contributed by atoms with Gasteiger partial charge < -0.3 is 29.6 Å². The second-order valence-electron chi connectivity index (χ2n) is 8.55. The fraction of sp³-hybridized carbons (Fsp3) is 0.179. The minimum absolute atomic E-state index is 0.0611. The van der Waals surface area contributed by atoms with E-state index in [-0.39, 0.29) is 24.6 Å². The van der Waals surface area contributed by atoms with E-state index < -0.39 is 0 Å². The molecule has 3 heterocycles. The molecule has 2 N–H and O–H groups in total. The minimum atomic E-state index is -0.275. The Labute approximate surface area is 220 Å². The molecule has 2 atom stereocenters. The van der Waals surface area contributed by atoms with Crippen molar-refractivity contribution in [3.63, 3.8) is 0 Å². The van der Waals surface area contributed by atoms with Crippen molar-refractivity contribution in [2.45, 2.75) is 12.1 Å². The molecule has 1 fully saturated rings. The lowest BCUT2D eigenvalue weighted by atomic mass is 9.98. The third-order valence-corrected chi connectivity index (χ3v) is 6.53. The second-order valence-corrected chi connectivity index (χ2v) is 8.94. The van der Waals surface area contributed by atoms with Crippen molar-refractivity contribution in [3.05, 3.63) is 103 Å². The van der Waals surface area contributed by atoms with Crippen molar-refractivity contribution in [2.24, 2.45) is 0 Å². The van der Waals surface area contributed by atoms with Gasteiger partial charge in [-0.25, -0.2) is 0 Å². The summed E-state index contributed by atoms with van der Waals surface area (Å²) < 4.78 is 12.5. The number of carbonyl (C=O) groups is 1. The monoisotopic (exact) mass is 513 g/mol. The first-order valence-corrected chi connectivity index (χ1v) is 12.2. The van der Waals surface area contributed by atoms with Crippen LogP contribution in [-0.4, -0.2) is 41.4 Å². The quantitative estimate of drug-likeness (QED) is 0.332. The molecule has 0 aliphatic carbocycles. The van der Waals surface area contributed by atoms with Gasteiger partial charge in [0.1, 0.15) is 12.4 Å². The van der Waals surface area contributed by atoms with E-state index in [4.69, 9.17) is 21.7 Å². The smallest absolute Gasteiger partial charge is 0.250 e. The second kappa shape index (κ2) is 10.8. The van der Waals surface area contributed by atoms with Gasteiger partial charge >= 0.3 is 0 Å². The third-order valence-electron chi connectivity index (χ3n) is 6.22. The van der Waals surface area contributed by atoms with Gasteiger partial charge in [0.25, 0.3) is 0 Å². The topological polar surface area (TPSA) is 80.7 Å². The highest BCUT2D eigenvalue weighted by Crippen LogP contribution is 2.43. The molecule has 0 radical (unpaired) electrons. The Bertz CT molecular complexity index is 1390. The zero-order valence-corrected chi connectivity index (χ0v) is 21.3. The zero-order valence-electron chi connectivity index (χ0n) is 20.5. The standard InChI is InChI=1S/C28H27N5O3S/c1-35-18-25(34)30-23-16-21(11-12-24(23)36-2)33-27(26(31-28(33)37)22-10-6-7-14-29-22)19-13-15-32(17-19)20-8-4-3-5-9-20/h3-17,26-27H,18H2,1-2H3,(H,30,34)(H,31,37)/t26-,27-/m0/s1. The summed E-state index contributed by atoms with van der Waals surface area (Å²) in [5, 5.41) is 6.90. The Balaban J connectivity index is 1.57. The summed E-state index contributed by atoms with van der Waals surface area (Å²) in [5.74, 6) is 0.266. The van der Waals surface area contributed by atoms with Crippen LogP contribution in [0.15, 0.2) is 91.4 Å². The van der Waals surface area contributed by atoms with Gasteiger partial charge in [-0.05, 0) is 66.3 Å². The third kappa shape index (κ3) is 5.04. The molecule has 37 heavy (non-hydrogen) atoms. The molecule has 0 saturated carbocycles. The van der Waals surface area contributed by atoms with E-state index in [9.17, 15) is 4.79 Å². The minimum Gasteiger partial charge on any atom is -0.495 e. The van der Waals surface area contributed by atoms with Crippen molar-refractivity contribution in [2.75, 3.05) is 31.0 Å². The number of ether oxygens (including phenoxy) is 2. The number of hydrogen-bond donors (Lipinski definition) is 2. The van der Waals surface area contributed by atoms with Crippen LogP contribution in [0, 0.1) is 0 Å². The van der Waals surface area contributed by atoms with Crippen molar-refractivity contribution in [1.29, 1.82) is 0 Å². The number of anilines is 2. The number of nitrogens with one attached hydrogen (secondary N) is 2. The molecule has 8 nitrogen and oxygen atoms in total. The lowest BCUT2D eigenvalue weighted by Crippen LogP contribution is -2.29. The van der Waals surface area contributed by atoms with Gasteiger partial charge in [0.15, 0.2) is 5.11 Å². The SMILES string of the molecule is COCC(=O)Nc1cc(N2C(=S)N[C@@H](c3ccccn3)[C@@H]2c2ccn(-c3ccccc3)c2)ccc1OC. The first kappa shape index (κ1) is 24.5. The maximum atomic E-state index is 12.3. The number of para-hydroxylation sites is 1. The molecule has 0 unspecified atom stereocenters. The number of methoxy groups -OCH3 is 2. The fourth-order valence-corrected chi connectivity index (χ4v) is 4.93. The maximum absolute atomic E-state index is 12.3. The Kier molecular flexibility index (Phi) is 7.16. The number of thiocarbonyl (C=S) groups is 1.